The van der Waals surface area contributed by atoms with Crippen LogP contribution in [0.5, 0.6) is 0 Å². The molecule has 0 spiro atoms. The molecule has 2 aromatic carbocycles. The number of aromatic nitrogens is 2. The second-order valence-electron chi connectivity index (χ2n) is 6.65. The van der Waals surface area contributed by atoms with E-state index in [4.69, 9.17) is 0 Å². The normalized spacial score (nSPS) is 10.4. The SMILES string of the molecule is O=C(NCCCc1ccccc1)c1cc(NCCCc2ccccc2)ncn1. The van der Waals surface area contributed by atoms with Gasteiger partial charge in [-0.1, -0.05) is 60.7 Å². The number of aryl methyl sites for hydroxylation is 2. The topological polar surface area (TPSA) is 66.9 Å². The molecule has 0 radical (unpaired) electrons. The number of nitrogens with one attached hydrogen (secondary N) is 2. The highest BCUT2D eigenvalue weighted by atomic mass is 16.1. The minimum absolute atomic E-state index is 0.164. The zero-order chi connectivity index (χ0) is 19.4. The van der Waals surface area contributed by atoms with Crippen molar-refractivity contribution in [2.75, 3.05) is 18.4 Å². The first-order valence-corrected chi connectivity index (χ1v) is 9.73. The molecule has 2 N–H and O–H groups in total. The molecule has 28 heavy (non-hydrogen) atoms. The summed E-state index contributed by atoms with van der Waals surface area (Å²) in [4.78, 5) is 20.6. The van der Waals surface area contributed by atoms with Crippen molar-refractivity contribution in [3.8, 4) is 0 Å². The monoisotopic (exact) mass is 374 g/mol. The Bertz CT molecular complexity index is 853. The molecule has 0 saturated heterocycles. The third-order valence-electron chi connectivity index (χ3n) is 4.46. The van der Waals surface area contributed by atoms with Crippen molar-refractivity contribution < 1.29 is 4.79 Å². The third kappa shape index (κ3) is 6.50. The summed E-state index contributed by atoms with van der Waals surface area (Å²) >= 11 is 0. The average Bonchev–Trinajstić information content (AvgIpc) is 2.76. The van der Waals surface area contributed by atoms with Gasteiger partial charge in [0.1, 0.15) is 17.8 Å². The van der Waals surface area contributed by atoms with Crippen LogP contribution in [0, 0.1) is 0 Å². The lowest BCUT2D eigenvalue weighted by atomic mass is 10.1. The van der Waals surface area contributed by atoms with Crippen LogP contribution in [0.3, 0.4) is 0 Å². The number of rotatable bonds is 10. The van der Waals surface area contributed by atoms with Crippen LogP contribution in [-0.4, -0.2) is 29.0 Å². The second kappa shape index (κ2) is 10.8. The summed E-state index contributed by atoms with van der Waals surface area (Å²) in [6.45, 7) is 1.42. The molecule has 0 aliphatic heterocycles. The number of hydrogen-bond acceptors (Lipinski definition) is 4. The first-order valence-electron chi connectivity index (χ1n) is 9.73. The van der Waals surface area contributed by atoms with Crippen LogP contribution in [0.4, 0.5) is 5.82 Å². The summed E-state index contributed by atoms with van der Waals surface area (Å²) < 4.78 is 0. The maximum atomic E-state index is 12.3. The van der Waals surface area contributed by atoms with E-state index >= 15 is 0 Å². The lowest BCUT2D eigenvalue weighted by Gasteiger charge is -2.08. The standard InChI is InChI=1S/C23H26N4O/c28-23(25-16-8-14-20-11-5-2-6-12-20)21-17-22(27-18-26-21)24-15-7-13-19-9-3-1-4-10-19/h1-6,9-12,17-18H,7-8,13-16H2,(H,25,28)(H,24,26,27). The molecule has 5 nitrogen and oxygen atoms in total. The molecule has 0 saturated carbocycles. The van der Waals surface area contributed by atoms with E-state index < -0.39 is 0 Å². The maximum Gasteiger partial charge on any atom is 0.270 e. The molecule has 1 amide bonds. The molecule has 144 valence electrons. The van der Waals surface area contributed by atoms with Crippen LogP contribution >= 0.6 is 0 Å². The summed E-state index contributed by atoms with van der Waals surface area (Å²) in [5, 5.41) is 6.20. The van der Waals surface area contributed by atoms with Crippen LogP contribution in [0.15, 0.2) is 73.1 Å². The molecule has 0 fully saturated rings. The Hall–Kier alpha value is -3.21. The minimum atomic E-state index is -0.164. The van der Waals surface area contributed by atoms with Gasteiger partial charge < -0.3 is 10.6 Å². The fraction of sp³-hybridized carbons (Fsp3) is 0.261. The van der Waals surface area contributed by atoms with Crippen LogP contribution in [0.25, 0.3) is 0 Å². The van der Waals surface area contributed by atoms with Crippen molar-refractivity contribution in [1.82, 2.24) is 15.3 Å². The molecule has 0 atom stereocenters. The lowest BCUT2D eigenvalue weighted by molar-refractivity contribution is 0.0948. The highest BCUT2D eigenvalue weighted by Gasteiger charge is 2.08. The molecule has 1 heterocycles. The fourth-order valence-corrected chi connectivity index (χ4v) is 2.96. The summed E-state index contributed by atoms with van der Waals surface area (Å²) in [5.74, 6) is 0.514. The van der Waals surface area contributed by atoms with Gasteiger partial charge in [0, 0.05) is 19.2 Å². The molecule has 1 aromatic heterocycles. The van der Waals surface area contributed by atoms with E-state index in [1.54, 1.807) is 6.07 Å². The highest BCUT2D eigenvalue weighted by molar-refractivity contribution is 5.92. The van der Waals surface area contributed by atoms with Gasteiger partial charge in [0.25, 0.3) is 5.91 Å². The minimum Gasteiger partial charge on any atom is -0.370 e. The predicted molar refractivity (Wildman–Crippen MR) is 112 cm³/mol. The summed E-state index contributed by atoms with van der Waals surface area (Å²) in [5.41, 5.74) is 2.99. The van der Waals surface area contributed by atoms with Crippen LogP contribution < -0.4 is 10.6 Å². The van der Waals surface area contributed by atoms with Gasteiger partial charge in [0.15, 0.2) is 0 Å². The number of carbonyl (C=O) groups is 1. The molecule has 3 aromatic rings. The number of nitrogens with zero attached hydrogens (tertiary/aromatic N) is 2. The Kier molecular flexibility index (Phi) is 7.56. The van der Waals surface area contributed by atoms with E-state index in [0.717, 1.165) is 32.2 Å². The molecular weight excluding hydrogens is 348 g/mol. The van der Waals surface area contributed by atoms with Gasteiger partial charge >= 0.3 is 0 Å². The van der Waals surface area contributed by atoms with Crippen molar-refractivity contribution >= 4 is 11.7 Å². The third-order valence-corrected chi connectivity index (χ3v) is 4.46. The number of benzene rings is 2. The Morgan fingerprint density at radius 1 is 0.786 bits per heavy atom. The van der Waals surface area contributed by atoms with Gasteiger partial charge in [-0.3, -0.25) is 4.79 Å². The van der Waals surface area contributed by atoms with E-state index in [1.165, 1.54) is 17.5 Å². The predicted octanol–water partition coefficient (Wildman–Crippen LogP) is 3.88. The van der Waals surface area contributed by atoms with Crippen LogP contribution in [-0.2, 0) is 12.8 Å². The van der Waals surface area contributed by atoms with E-state index in [-0.39, 0.29) is 5.91 Å². The molecule has 0 bridgehead atoms. The van der Waals surface area contributed by atoms with Gasteiger partial charge in [-0.25, -0.2) is 9.97 Å². The summed E-state index contributed by atoms with van der Waals surface area (Å²) in [6, 6.07) is 22.4. The first-order chi connectivity index (χ1) is 13.8. The molecule has 0 aliphatic rings. The van der Waals surface area contributed by atoms with Crippen molar-refractivity contribution in [1.29, 1.82) is 0 Å². The van der Waals surface area contributed by atoms with Crippen LogP contribution in [0.1, 0.15) is 34.5 Å². The van der Waals surface area contributed by atoms with Gasteiger partial charge in [-0.15, -0.1) is 0 Å². The van der Waals surface area contributed by atoms with Gasteiger partial charge in [-0.05, 0) is 36.8 Å². The quantitative estimate of drug-likeness (QED) is 0.529. The van der Waals surface area contributed by atoms with Gasteiger partial charge in [0.05, 0.1) is 0 Å². The van der Waals surface area contributed by atoms with E-state index in [9.17, 15) is 4.79 Å². The maximum absolute atomic E-state index is 12.3. The highest BCUT2D eigenvalue weighted by Crippen LogP contribution is 2.07. The van der Waals surface area contributed by atoms with Crippen molar-refractivity contribution in [2.24, 2.45) is 0 Å². The van der Waals surface area contributed by atoms with Gasteiger partial charge in [-0.2, -0.15) is 0 Å². The Balaban J connectivity index is 1.38. The molecule has 0 aliphatic carbocycles. The number of hydrogen-bond donors (Lipinski definition) is 2. The first kappa shape index (κ1) is 19.5. The number of carbonyl (C=O) groups excluding carboxylic acids is 1. The van der Waals surface area contributed by atoms with Gasteiger partial charge in [0.2, 0.25) is 0 Å². The van der Waals surface area contributed by atoms with Crippen LogP contribution in [0.2, 0.25) is 0 Å². The summed E-state index contributed by atoms with van der Waals surface area (Å²) in [6.07, 6.45) is 5.27. The molecule has 3 rings (SSSR count). The molecule has 0 unspecified atom stereocenters. The second-order valence-corrected chi connectivity index (χ2v) is 6.65. The number of amides is 1. The Morgan fingerprint density at radius 2 is 1.39 bits per heavy atom. The lowest BCUT2D eigenvalue weighted by Crippen LogP contribution is -2.26. The van der Waals surface area contributed by atoms with E-state index in [1.807, 2.05) is 24.3 Å². The Morgan fingerprint density at radius 3 is 2.04 bits per heavy atom. The van der Waals surface area contributed by atoms with Crippen molar-refractivity contribution in [3.63, 3.8) is 0 Å². The zero-order valence-electron chi connectivity index (χ0n) is 16.0. The summed E-state index contributed by atoms with van der Waals surface area (Å²) in [7, 11) is 0. The average molecular weight is 374 g/mol. The fourth-order valence-electron chi connectivity index (χ4n) is 2.96. The number of anilines is 1. The smallest absolute Gasteiger partial charge is 0.270 e. The van der Waals surface area contributed by atoms with Crippen molar-refractivity contribution in [3.05, 3.63) is 89.9 Å². The Labute approximate surface area is 166 Å². The molecular formula is C23H26N4O. The van der Waals surface area contributed by atoms with E-state index in [2.05, 4.69) is 57.0 Å². The largest absolute Gasteiger partial charge is 0.370 e. The molecule has 5 heteroatoms. The van der Waals surface area contributed by atoms with E-state index in [0.29, 0.717) is 18.1 Å². The van der Waals surface area contributed by atoms with Crippen molar-refractivity contribution in [2.45, 2.75) is 25.7 Å². The zero-order valence-corrected chi connectivity index (χ0v) is 16.0.